The Morgan fingerprint density at radius 3 is 2.43 bits per heavy atom. The van der Waals surface area contributed by atoms with E-state index in [4.69, 9.17) is 0 Å². The fourth-order valence-corrected chi connectivity index (χ4v) is 3.16. The molecule has 0 unspecified atom stereocenters. The number of nitrogens with one attached hydrogen (secondary N) is 2. The van der Waals surface area contributed by atoms with Crippen LogP contribution in [0.15, 0.2) is 24.3 Å². The van der Waals surface area contributed by atoms with Crippen LogP contribution in [0.2, 0.25) is 0 Å². The smallest absolute Gasteiger partial charge is 0.251 e. The highest BCUT2D eigenvalue weighted by atomic mass is 16.2. The van der Waals surface area contributed by atoms with Gasteiger partial charge in [-0.05, 0) is 30.7 Å². The van der Waals surface area contributed by atoms with Crippen molar-refractivity contribution in [3.05, 3.63) is 29.8 Å². The summed E-state index contributed by atoms with van der Waals surface area (Å²) in [6.07, 6.45) is 1.52. The van der Waals surface area contributed by atoms with E-state index in [-0.39, 0.29) is 17.2 Å². The lowest BCUT2D eigenvalue weighted by Crippen LogP contribution is -3.07. The van der Waals surface area contributed by atoms with E-state index < -0.39 is 0 Å². The van der Waals surface area contributed by atoms with Gasteiger partial charge in [-0.3, -0.25) is 9.59 Å². The Morgan fingerprint density at radius 1 is 1.26 bits per heavy atom. The zero-order valence-corrected chi connectivity index (χ0v) is 14.6. The van der Waals surface area contributed by atoms with E-state index in [9.17, 15) is 9.59 Å². The Hall–Kier alpha value is -1.88. The molecule has 1 fully saturated rings. The highest BCUT2D eigenvalue weighted by molar-refractivity contribution is 5.97. The van der Waals surface area contributed by atoms with E-state index in [0.717, 1.165) is 25.2 Å². The Morgan fingerprint density at radius 2 is 1.91 bits per heavy atom. The van der Waals surface area contributed by atoms with Crippen molar-refractivity contribution in [3.63, 3.8) is 0 Å². The van der Waals surface area contributed by atoms with Crippen LogP contribution in [-0.4, -0.2) is 45.5 Å². The van der Waals surface area contributed by atoms with Crippen molar-refractivity contribution >= 4 is 17.5 Å². The summed E-state index contributed by atoms with van der Waals surface area (Å²) in [5.41, 5.74) is 1.56. The van der Waals surface area contributed by atoms with Crippen molar-refractivity contribution in [2.75, 3.05) is 38.6 Å². The Labute approximate surface area is 138 Å². The second-order valence-electron chi connectivity index (χ2n) is 7.43. The number of carbonyl (C=O) groups excluding carboxylic acids is 2. The molecule has 5 nitrogen and oxygen atoms in total. The minimum atomic E-state index is -0.0638. The van der Waals surface area contributed by atoms with Crippen molar-refractivity contribution in [1.82, 2.24) is 5.32 Å². The van der Waals surface area contributed by atoms with E-state index in [1.165, 1.54) is 4.90 Å². The van der Waals surface area contributed by atoms with Crippen LogP contribution < -0.4 is 15.1 Å². The molecule has 1 aliphatic heterocycles. The molecule has 1 aromatic carbocycles. The molecule has 2 amide bonds. The Kier molecular flexibility index (Phi) is 5.42. The van der Waals surface area contributed by atoms with Crippen LogP contribution in [0.3, 0.4) is 0 Å². The van der Waals surface area contributed by atoms with Crippen LogP contribution in [0.25, 0.3) is 0 Å². The molecule has 1 heterocycles. The van der Waals surface area contributed by atoms with E-state index in [0.29, 0.717) is 18.5 Å². The molecule has 0 atom stereocenters. The van der Waals surface area contributed by atoms with Gasteiger partial charge < -0.3 is 15.1 Å². The molecule has 1 saturated heterocycles. The summed E-state index contributed by atoms with van der Waals surface area (Å²) in [6, 6.07) is 7.29. The van der Waals surface area contributed by atoms with E-state index in [1.807, 2.05) is 12.1 Å². The number of anilines is 1. The van der Waals surface area contributed by atoms with Crippen molar-refractivity contribution < 1.29 is 14.5 Å². The summed E-state index contributed by atoms with van der Waals surface area (Å²) in [7, 11) is 4.23. The lowest BCUT2D eigenvalue weighted by atomic mass is 9.93. The zero-order valence-electron chi connectivity index (χ0n) is 14.6. The van der Waals surface area contributed by atoms with Crippen molar-refractivity contribution in [2.45, 2.75) is 26.7 Å². The minimum absolute atomic E-state index is 0.0520. The summed E-state index contributed by atoms with van der Waals surface area (Å²) in [5.74, 6) is 0.0984. The lowest BCUT2D eigenvalue weighted by Gasteiger charge is -2.26. The quantitative estimate of drug-likeness (QED) is 0.812. The van der Waals surface area contributed by atoms with E-state index in [2.05, 4.69) is 33.3 Å². The van der Waals surface area contributed by atoms with Gasteiger partial charge in [0, 0.05) is 36.2 Å². The average molecular weight is 318 g/mol. The first-order valence-corrected chi connectivity index (χ1v) is 8.26. The first-order chi connectivity index (χ1) is 10.8. The largest absolute Gasteiger partial charge is 0.351 e. The maximum absolute atomic E-state index is 12.3. The normalized spacial score (nSPS) is 15.3. The van der Waals surface area contributed by atoms with Gasteiger partial charge in [-0.2, -0.15) is 0 Å². The SMILES string of the molecule is C[NH+](C)CC(C)(C)CNC(=O)c1ccc(N2CCCC2=O)cc1. The molecule has 5 heteroatoms. The molecule has 1 aromatic rings. The monoisotopic (exact) mass is 318 g/mol. The second-order valence-corrected chi connectivity index (χ2v) is 7.43. The fraction of sp³-hybridized carbons (Fsp3) is 0.556. The third-order valence-corrected chi connectivity index (χ3v) is 4.07. The molecule has 2 rings (SSSR count). The molecule has 23 heavy (non-hydrogen) atoms. The minimum Gasteiger partial charge on any atom is -0.351 e. The molecule has 1 aliphatic rings. The third kappa shape index (κ3) is 4.79. The number of carbonyl (C=O) groups is 2. The van der Waals surface area contributed by atoms with Crippen LogP contribution in [-0.2, 0) is 4.79 Å². The fourth-order valence-electron chi connectivity index (χ4n) is 3.16. The summed E-state index contributed by atoms with van der Waals surface area (Å²) >= 11 is 0. The Bertz CT molecular complexity index is 564. The maximum Gasteiger partial charge on any atom is 0.251 e. The predicted octanol–water partition coefficient (Wildman–Crippen LogP) is 0.714. The number of rotatable bonds is 6. The Balaban J connectivity index is 1.94. The van der Waals surface area contributed by atoms with Crippen LogP contribution in [0.5, 0.6) is 0 Å². The highest BCUT2D eigenvalue weighted by Gasteiger charge is 2.23. The first kappa shape index (κ1) is 17.5. The summed E-state index contributed by atoms with van der Waals surface area (Å²) in [5, 5.41) is 3.01. The van der Waals surface area contributed by atoms with Gasteiger partial charge in [0.05, 0.1) is 20.6 Å². The zero-order chi connectivity index (χ0) is 17.0. The van der Waals surface area contributed by atoms with Crippen LogP contribution in [0.4, 0.5) is 5.69 Å². The number of quaternary nitrogens is 1. The van der Waals surface area contributed by atoms with Gasteiger partial charge in [0.1, 0.15) is 0 Å². The lowest BCUT2D eigenvalue weighted by molar-refractivity contribution is -0.865. The van der Waals surface area contributed by atoms with Crippen molar-refractivity contribution in [2.24, 2.45) is 5.41 Å². The highest BCUT2D eigenvalue weighted by Crippen LogP contribution is 2.21. The number of hydrogen-bond acceptors (Lipinski definition) is 2. The molecule has 2 N–H and O–H groups in total. The van der Waals surface area contributed by atoms with Crippen LogP contribution in [0, 0.1) is 5.41 Å². The van der Waals surface area contributed by atoms with Crippen molar-refractivity contribution in [1.29, 1.82) is 0 Å². The molecule has 126 valence electrons. The molecule has 0 radical (unpaired) electrons. The number of hydrogen-bond donors (Lipinski definition) is 2. The number of nitrogens with zero attached hydrogens (tertiary/aromatic N) is 1. The van der Waals surface area contributed by atoms with Gasteiger partial charge in [-0.15, -0.1) is 0 Å². The number of amides is 2. The van der Waals surface area contributed by atoms with Crippen LogP contribution >= 0.6 is 0 Å². The topological polar surface area (TPSA) is 53.9 Å². The van der Waals surface area contributed by atoms with Gasteiger partial charge in [-0.25, -0.2) is 0 Å². The van der Waals surface area contributed by atoms with Crippen LogP contribution in [0.1, 0.15) is 37.0 Å². The maximum atomic E-state index is 12.3. The second kappa shape index (κ2) is 7.13. The molecule has 0 bridgehead atoms. The number of benzene rings is 1. The van der Waals surface area contributed by atoms with Gasteiger partial charge >= 0.3 is 0 Å². The molecule has 0 aromatic heterocycles. The summed E-state index contributed by atoms with van der Waals surface area (Å²) < 4.78 is 0. The molecule has 0 spiro atoms. The molecular weight excluding hydrogens is 290 g/mol. The molecule has 0 aliphatic carbocycles. The first-order valence-electron chi connectivity index (χ1n) is 8.26. The summed E-state index contributed by atoms with van der Waals surface area (Å²) in [4.78, 5) is 27.2. The van der Waals surface area contributed by atoms with Gasteiger partial charge in [-0.1, -0.05) is 13.8 Å². The van der Waals surface area contributed by atoms with E-state index >= 15 is 0 Å². The van der Waals surface area contributed by atoms with Gasteiger partial charge in [0.15, 0.2) is 0 Å². The van der Waals surface area contributed by atoms with Gasteiger partial charge in [0.2, 0.25) is 5.91 Å². The standard InChI is InChI=1S/C18H27N3O2/c1-18(2,13-20(3)4)12-19-17(23)14-7-9-15(10-8-14)21-11-5-6-16(21)22/h7-10H,5-6,11-13H2,1-4H3,(H,19,23)/p+1. The molecule has 0 saturated carbocycles. The predicted molar refractivity (Wildman–Crippen MR) is 91.8 cm³/mol. The van der Waals surface area contributed by atoms with Crippen molar-refractivity contribution in [3.8, 4) is 0 Å². The average Bonchev–Trinajstić information content (AvgIpc) is 2.90. The molecular formula is C18H28N3O2+. The van der Waals surface area contributed by atoms with Gasteiger partial charge in [0.25, 0.3) is 5.91 Å². The van der Waals surface area contributed by atoms with E-state index in [1.54, 1.807) is 17.0 Å². The third-order valence-electron chi connectivity index (χ3n) is 4.07. The summed E-state index contributed by atoms with van der Waals surface area (Å²) in [6.45, 7) is 6.71.